The van der Waals surface area contributed by atoms with Crippen LogP contribution >= 0.6 is 0 Å². The van der Waals surface area contributed by atoms with Crippen LogP contribution in [0.4, 0.5) is 0 Å². The largest absolute Gasteiger partial charge is 0.466 e. The monoisotopic (exact) mass is 396 g/mol. The summed E-state index contributed by atoms with van der Waals surface area (Å²) in [7, 11) is -3.09. The standard InChI is InChI=1S/C22H20O5S/c1-17-13-15-20(16-14-17)28(24,25)27-22(21(23)26-2,18-9-5-3-6-10-18)19-11-7-4-8-12-19/h3-16H,1-2H3. The summed E-state index contributed by atoms with van der Waals surface area (Å²) in [6, 6.07) is 23.1. The highest BCUT2D eigenvalue weighted by molar-refractivity contribution is 7.86. The Hall–Kier alpha value is -2.96. The molecule has 0 N–H and O–H groups in total. The molecule has 0 unspecified atom stereocenters. The molecule has 0 amide bonds. The van der Waals surface area contributed by atoms with Crippen LogP contribution in [-0.2, 0) is 29.4 Å². The van der Waals surface area contributed by atoms with Crippen LogP contribution in [0.25, 0.3) is 0 Å². The topological polar surface area (TPSA) is 69.7 Å². The van der Waals surface area contributed by atoms with Gasteiger partial charge in [0, 0.05) is 11.1 Å². The van der Waals surface area contributed by atoms with Crippen LogP contribution in [0.1, 0.15) is 16.7 Å². The van der Waals surface area contributed by atoms with E-state index >= 15 is 0 Å². The van der Waals surface area contributed by atoms with Crippen molar-refractivity contribution < 1.29 is 22.1 Å². The number of ether oxygens (including phenoxy) is 1. The Bertz CT molecular complexity index is 1000. The summed E-state index contributed by atoms with van der Waals surface area (Å²) < 4.78 is 36.9. The van der Waals surface area contributed by atoms with Crippen molar-refractivity contribution in [3.05, 3.63) is 102 Å². The van der Waals surface area contributed by atoms with Crippen LogP contribution in [0.2, 0.25) is 0 Å². The summed E-state index contributed by atoms with van der Waals surface area (Å²) >= 11 is 0. The Morgan fingerprint density at radius 1 is 0.786 bits per heavy atom. The molecule has 0 aliphatic rings. The Morgan fingerprint density at radius 2 is 1.25 bits per heavy atom. The minimum Gasteiger partial charge on any atom is -0.466 e. The maximum atomic E-state index is 13.1. The van der Waals surface area contributed by atoms with E-state index in [1.165, 1.54) is 19.2 Å². The van der Waals surface area contributed by atoms with Gasteiger partial charge in [0.15, 0.2) is 0 Å². The van der Waals surface area contributed by atoms with Gasteiger partial charge in [0.2, 0.25) is 5.60 Å². The lowest BCUT2D eigenvalue weighted by atomic mass is 9.86. The second-order valence-corrected chi connectivity index (χ2v) is 7.80. The van der Waals surface area contributed by atoms with Gasteiger partial charge in [-0.2, -0.15) is 8.42 Å². The second-order valence-electron chi connectivity index (χ2n) is 6.26. The fourth-order valence-corrected chi connectivity index (χ4v) is 4.09. The first kappa shape index (κ1) is 19.8. The molecule has 3 aromatic carbocycles. The molecule has 5 nitrogen and oxygen atoms in total. The lowest BCUT2D eigenvalue weighted by Gasteiger charge is -2.31. The number of hydrogen-bond acceptors (Lipinski definition) is 5. The number of benzene rings is 3. The molecule has 0 aromatic heterocycles. The summed E-state index contributed by atoms with van der Waals surface area (Å²) in [5.41, 5.74) is -0.363. The van der Waals surface area contributed by atoms with Crippen LogP contribution in [-0.4, -0.2) is 21.5 Å². The maximum absolute atomic E-state index is 13.1. The van der Waals surface area contributed by atoms with Gasteiger partial charge in [-0.15, -0.1) is 0 Å². The van der Waals surface area contributed by atoms with Gasteiger partial charge in [-0.3, -0.25) is 0 Å². The molecule has 144 valence electrons. The van der Waals surface area contributed by atoms with Gasteiger partial charge >= 0.3 is 5.97 Å². The molecule has 0 saturated carbocycles. The van der Waals surface area contributed by atoms with Crippen molar-refractivity contribution in [3.63, 3.8) is 0 Å². The molecular formula is C22H20O5S. The number of esters is 1. The van der Waals surface area contributed by atoms with E-state index in [-0.39, 0.29) is 4.90 Å². The fraction of sp³-hybridized carbons (Fsp3) is 0.136. The van der Waals surface area contributed by atoms with E-state index in [9.17, 15) is 13.2 Å². The van der Waals surface area contributed by atoms with Crippen LogP contribution in [0.5, 0.6) is 0 Å². The maximum Gasteiger partial charge on any atom is 0.349 e. The summed E-state index contributed by atoms with van der Waals surface area (Å²) in [5.74, 6) is -0.833. The molecule has 0 radical (unpaired) electrons. The lowest BCUT2D eigenvalue weighted by molar-refractivity contribution is -0.156. The number of methoxy groups -OCH3 is 1. The van der Waals surface area contributed by atoms with Gasteiger partial charge in [0.1, 0.15) is 0 Å². The average molecular weight is 396 g/mol. The van der Waals surface area contributed by atoms with E-state index in [0.29, 0.717) is 11.1 Å². The van der Waals surface area contributed by atoms with Crippen molar-refractivity contribution in [1.29, 1.82) is 0 Å². The van der Waals surface area contributed by atoms with Gasteiger partial charge in [0.25, 0.3) is 10.1 Å². The van der Waals surface area contributed by atoms with Gasteiger partial charge in [0.05, 0.1) is 12.0 Å². The van der Waals surface area contributed by atoms with Crippen LogP contribution in [0.15, 0.2) is 89.8 Å². The molecule has 0 aliphatic carbocycles. The van der Waals surface area contributed by atoms with Crippen LogP contribution in [0, 0.1) is 6.92 Å². The molecule has 0 aliphatic heterocycles. The predicted molar refractivity (Wildman–Crippen MR) is 105 cm³/mol. The number of hydrogen-bond donors (Lipinski definition) is 0. The van der Waals surface area contributed by atoms with Gasteiger partial charge in [-0.25, -0.2) is 8.98 Å². The summed E-state index contributed by atoms with van der Waals surface area (Å²) in [6.45, 7) is 1.85. The molecule has 0 atom stereocenters. The number of carbonyl (C=O) groups excluding carboxylic acids is 1. The Balaban J connectivity index is 2.24. The summed E-state index contributed by atoms with van der Waals surface area (Å²) in [4.78, 5) is 12.9. The normalized spacial score (nSPS) is 11.8. The van der Waals surface area contributed by atoms with Crippen molar-refractivity contribution in [2.75, 3.05) is 7.11 Å². The molecule has 3 rings (SSSR count). The van der Waals surface area contributed by atoms with Crippen molar-refractivity contribution >= 4 is 16.1 Å². The van der Waals surface area contributed by atoms with E-state index in [0.717, 1.165) is 5.56 Å². The molecular weight excluding hydrogens is 376 g/mol. The Labute approximate surface area is 164 Å². The highest BCUT2D eigenvalue weighted by atomic mass is 32.2. The van der Waals surface area contributed by atoms with E-state index in [4.69, 9.17) is 8.92 Å². The minimum absolute atomic E-state index is 0.0433. The highest BCUT2D eigenvalue weighted by Crippen LogP contribution is 2.38. The van der Waals surface area contributed by atoms with E-state index in [2.05, 4.69) is 0 Å². The Morgan fingerprint density at radius 3 is 1.68 bits per heavy atom. The first-order chi connectivity index (χ1) is 13.4. The highest BCUT2D eigenvalue weighted by Gasteiger charge is 2.49. The Kier molecular flexibility index (Phi) is 5.63. The SMILES string of the molecule is COC(=O)C(OS(=O)(=O)c1ccc(C)cc1)(c1ccccc1)c1ccccc1. The van der Waals surface area contributed by atoms with Gasteiger partial charge in [-0.05, 0) is 19.1 Å². The molecule has 28 heavy (non-hydrogen) atoms. The van der Waals surface area contributed by atoms with E-state index in [1.54, 1.807) is 72.8 Å². The number of carbonyl (C=O) groups is 1. The third-order valence-corrected chi connectivity index (χ3v) is 5.70. The second kappa shape index (κ2) is 7.96. The van der Waals surface area contributed by atoms with Crippen molar-refractivity contribution in [1.82, 2.24) is 0 Å². The molecule has 0 fully saturated rings. The van der Waals surface area contributed by atoms with Crippen molar-refractivity contribution in [2.24, 2.45) is 0 Å². The molecule has 0 spiro atoms. The van der Waals surface area contributed by atoms with Crippen molar-refractivity contribution in [3.8, 4) is 0 Å². The van der Waals surface area contributed by atoms with E-state index in [1.807, 2.05) is 6.92 Å². The summed E-state index contributed by atoms with van der Waals surface area (Å²) in [6.07, 6.45) is 0. The lowest BCUT2D eigenvalue weighted by Crippen LogP contribution is -2.42. The van der Waals surface area contributed by atoms with E-state index < -0.39 is 21.7 Å². The first-order valence-corrected chi connectivity index (χ1v) is 10.0. The minimum atomic E-state index is -4.29. The third kappa shape index (κ3) is 3.69. The van der Waals surface area contributed by atoms with Crippen molar-refractivity contribution in [2.45, 2.75) is 17.4 Å². The zero-order valence-electron chi connectivity index (χ0n) is 15.5. The van der Waals surface area contributed by atoms with Gasteiger partial charge < -0.3 is 4.74 Å². The van der Waals surface area contributed by atoms with Gasteiger partial charge in [-0.1, -0.05) is 78.4 Å². The molecule has 0 heterocycles. The number of aryl methyl sites for hydroxylation is 1. The average Bonchev–Trinajstić information content (AvgIpc) is 2.73. The zero-order chi connectivity index (χ0) is 20.2. The molecule has 0 saturated heterocycles. The summed E-state index contributed by atoms with van der Waals surface area (Å²) in [5, 5.41) is 0. The molecule has 0 bridgehead atoms. The molecule has 6 heteroatoms. The fourth-order valence-electron chi connectivity index (χ4n) is 2.94. The number of rotatable bonds is 6. The third-order valence-electron chi connectivity index (χ3n) is 4.38. The zero-order valence-corrected chi connectivity index (χ0v) is 16.3. The first-order valence-electron chi connectivity index (χ1n) is 8.62. The molecule has 3 aromatic rings. The smallest absolute Gasteiger partial charge is 0.349 e. The van der Waals surface area contributed by atoms with Crippen LogP contribution < -0.4 is 0 Å². The quantitative estimate of drug-likeness (QED) is 0.468. The van der Waals surface area contributed by atoms with Crippen LogP contribution in [0.3, 0.4) is 0 Å². The predicted octanol–water partition coefficient (Wildman–Crippen LogP) is 3.82.